The third kappa shape index (κ3) is 6.99. The lowest BCUT2D eigenvalue weighted by molar-refractivity contribution is -0.123. The minimum absolute atomic E-state index is 0.0743. The molecule has 0 aliphatic heterocycles. The lowest BCUT2D eigenvalue weighted by atomic mass is 10.2. The van der Waals surface area contributed by atoms with Crippen LogP contribution in [-0.4, -0.2) is 37.4 Å². The average Bonchev–Trinajstić information content (AvgIpc) is 2.66. The number of halogens is 1. The summed E-state index contributed by atoms with van der Waals surface area (Å²) in [5.41, 5.74) is 0.922. The second-order valence-corrected chi connectivity index (χ2v) is 5.94. The molecular formula is C19H20ClN3O4. The van der Waals surface area contributed by atoms with Gasteiger partial charge in [0.05, 0.1) is 6.54 Å². The Bertz CT molecular complexity index is 809. The Morgan fingerprint density at radius 2 is 1.74 bits per heavy atom. The van der Waals surface area contributed by atoms with Crippen LogP contribution < -0.4 is 20.7 Å². The fraction of sp³-hybridized carbons (Fsp3) is 0.211. The second kappa shape index (κ2) is 10.2. The molecule has 3 amide bonds. The number of ether oxygens (including phenoxy) is 1. The van der Waals surface area contributed by atoms with Crippen molar-refractivity contribution in [3.63, 3.8) is 0 Å². The summed E-state index contributed by atoms with van der Waals surface area (Å²) in [5, 5.41) is 8.26. The first-order valence-electron chi connectivity index (χ1n) is 8.31. The molecule has 0 aliphatic rings. The van der Waals surface area contributed by atoms with Crippen LogP contribution in [0.2, 0.25) is 5.02 Å². The zero-order valence-electron chi connectivity index (χ0n) is 14.8. The summed E-state index contributed by atoms with van der Waals surface area (Å²) in [6.45, 7) is 2.11. The maximum Gasteiger partial charge on any atom is 0.257 e. The van der Waals surface area contributed by atoms with E-state index in [0.717, 1.165) is 0 Å². The molecule has 0 bridgehead atoms. The summed E-state index contributed by atoms with van der Waals surface area (Å²) in [6.07, 6.45) is 0. The molecule has 2 rings (SSSR count). The molecule has 0 atom stereocenters. The first kappa shape index (κ1) is 20.3. The molecule has 2 aromatic rings. The molecule has 0 aromatic heterocycles. The van der Waals surface area contributed by atoms with Gasteiger partial charge < -0.3 is 20.7 Å². The predicted octanol–water partition coefficient (Wildman–Crippen LogP) is 2.22. The average molecular weight is 390 g/mol. The van der Waals surface area contributed by atoms with Crippen molar-refractivity contribution in [2.45, 2.75) is 6.92 Å². The predicted molar refractivity (Wildman–Crippen MR) is 103 cm³/mol. The summed E-state index contributed by atoms with van der Waals surface area (Å²) in [5.74, 6) is -0.457. The van der Waals surface area contributed by atoms with Gasteiger partial charge in [0.1, 0.15) is 5.75 Å². The summed E-state index contributed by atoms with van der Waals surface area (Å²) in [4.78, 5) is 35.3. The van der Waals surface area contributed by atoms with Crippen molar-refractivity contribution in [2.75, 3.05) is 25.0 Å². The number of carbonyl (C=O) groups is 3. The van der Waals surface area contributed by atoms with Crippen molar-refractivity contribution in [1.29, 1.82) is 0 Å². The number of hydrogen-bond acceptors (Lipinski definition) is 4. The lowest BCUT2D eigenvalue weighted by Crippen LogP contribution is -2.32. The molecule has 0 radical (unpaired) electrons. The number of rotatable bonds is 8. The molecule has 0 saturated carbocycles. The third-order valence-electron chi connectivity index (χ3n) is 3.38. The maximum atomic E-state index is 12.0. The Morgan fingerprint density at radius 1 is 1.00 bits per heavy atom. The molecule has 0 fully saturated rings. The van der Waals surface area contributed by atoms with Crippen LogP contribution in [0.25, 0.3) is 0 Å². The zero-order valence-corrected chi connectivity index (χ0v) is 15.5. The quantitative estimate of drug-likeness (QED) is 0.645. The standard InChI is InChI=1S/C19H20ClN3O4/c1-2-21-18(25)12-27-16-8-6-15(7-9-16)23-17(24)11-22-19(26)13-4-3-5-14(20)10-13/h3-10H,2,11-12H2,1H3,(H,21,25)(H,22,26)(H,23,24). The van der Waals surface area contributed by atoms with Gasteiger partial charge in [0.2, 0.25) is 5.91 Å². The number of likely N-dealkylation sites (N-methyl/N-ethyl adjacent to an activating group) is 1. The van der Waals surface area contributed by atoms with E-state index in [2.05, 4.69) is 16.0 Å². The highest BCUT2D eigenvalue weighted by Crippen LogP contribution is 2.15. The van der Waals surface area contributed by atoms with E-state index >= 15 is 0 Å². The molecule has 142 valence electrons. The van der Waals surface area contributed by atoms with E-state index in [9.17, 15) is 14.4 Å². The van der Waals surface area contributed by atoms with E-state index < -0.39 is 0 Å². The summed E-state index contributed by atoms with van der Waals surface area (Å²) in [6, 6.07) is 13.0. The van der Waals surface area contributed by atoms with Gasteiger partial charge in [-0.05, 0) is 49.4 Å². The van der Waals surface area contributed by atoms with Crippen molar-refractivity contribution >= 4 is 35.0 Å². The van der Waals surface area contributed by atoms with Crippen LogP contribution in [0.1, 0.15) is 17.3 Å². The van der Waals surface area contributed by atoms with Crippen LogP contribution >= 0.6 is 11.6 Å². The minimum atomic E-state index is -0.387. The smallest absolute Gasteiger partial charge is 0.257 e. The largest absolute Gasteiger partial charge is 0.484 e. The Kier molecular flexibility index (Phi) is 7.63. The highest BCUT2D eigenvalue weighted by Gasteiger charge is 2.09. The number of amides is 3. The Labute approximate surface area is 162 Å². The second-order valence-electron chi connectivity index (χ2n) is 5.51. The molecule has 27 heavy (non-hydrogen) atoms. The highest BCUT2D eigenvalue weighted by atomic mass is 35.5. The van der Waals surface area contributed by atoms with Crippen LogP contribution in [0, 0.1) is 0 Å². The van der Waals surface area contributed by atoms with Gasteiger partial charge in [-0.3, -0.25) is 14.4 Å². The monoisotopic (exact) mass is 389 g/mol. The molecule has 0 spiro atoms. The molecule has 0 saturated heterocycles. The van der Waals surface area contributed by atoms with Crippen molar-refractivity contribution in [2.24, 2.45) is 0 Å². The topological polar surface area (TPSA) is 96.5 Å². The molecular weight excluding hydrogens is 370 g/mol. The van der Waals surface area contributed by atoms with Gasteiger partial charge in [-0.1, -0.05) is 17.7 Å². The SMILES string of the molecule is CCNC(=O)COc1ccc(NC(=O)CNC(=O)c2cccc(Cl)c2)cc1. The number of hydrogen-bond donors (Lipinski definition) is 3. The van der Waals surface area contributed by atoms with E-state index in [1.807, 2.05) is 6.92 Å². The van der Waals surface area contributed by atoms with E-state index in [4.69, 9.17) is 16.3 Å². The normalized spacial score (nSPS) is 10.0. The highest BCUT2D eigenvalue weighted by molar-refractivity contribution is 6.31. The van der Waals surface area contributed by atoms with Crippen LogP contribution in [-0.2, 0) is 9.59 Å². The lowest BCUT2D eigenvalue weighted by Gasteiger charge is -2.09. The minimum Gasteiger partial charge on any atom is -0.484 e. The molecule has 2 aromatic carbocycles. The molecule has 7 nitrogen and oxygen atoms in total. The van der Waals surface area contributed by atoms with Crippen molar-refractivity contribution in [3.8, 4) is 5.75 Å². The Balaban J connectivity index is 1.78. The number of carbonyl (C=O) groups excluding carboxylic acids is 3. The van der Waals surface area contributed by atoms with Crippen LogP contribution in [0.5, 0.6) is 5.75 Å². The van der Waals surface area contributed by atoms with E-state index in [-0.39, 0.29) is 30.9 Å². The van der Waals surface area contributed by atoms with Gasteiger partial charge in [0.25, 0.3) is 11.8 Å². The van der Waals surface area contributed by atoms with E-state index in [1.54, 1.807) is 42.5 Å². The van der Waals surface area contributed by atoms with Crippen LogP contribution in [0.4, 0.5) is 5.69 Å². The number of anilines is 1. The molecule has 0 heterocycles. The third-order valence-corrected chi connectivity index (χ3v) is 3.61. The molecule has 8 heteroatoms. The maximum absolute atomic E-state index is 12.0. The van der Waals surface area contributed by atoms with Gasteiger partial charge in [0.15, 0.2) is 6.61 Å². The summed E-state index contributed by atoms with van der Waals surface area (Å²) < 4.78 is 5.33. The molecule has 3 N–H and O–H groups in total. The summed E-state index contributed by atoms with van der Waals surface area (Å²) in [7, 11) is 0. The first-order chi connectivity index (χ1) is 13.0. The number of benzene rings is 2. The van der Waals surface area contributed by atoms with Gasteiger partial charge in [-0.25, -0.2) is 0 Å². The fourth-order valence-electron chi connectivity index (χ4n) is 2.13. The molecule has 0 aliphatic carbocycles. The Hall–Kier alpha value is -3.06. The van der Waals surface area contributed by atoms with Crippen LogP contribution in [0.3, 0.4) is 0 Å². The van der Waals surface area contributed by atoms with Crippen molar-refractivity contribution < 1.29 is 19.1 Å². The van der Waals surface area contributed by atoms with E-state index in [0.29, 0.717) is 28.6 Å². The fourth-order valence-corrected chi connectivity index (χ4v) is 2.32. The number of nitrogens with one attached hydrogen (secondary N) is 3. The first-order valence-corrected chi connectivity index (χ1v) is 8.69. The summed E-state index contributed by atoms with van der Waals surface area (Å²) >= 11 is 5.84. The van der Waals surface area contributed by atoms with Gasteiger partial charge in [-0.15, -0.1) is 0 Å². The van der Waals surface area contributed by atoms with Gasteiger partial charge in [-0.2, -0.15) is 0 Å². The van der Waals surface area contributed by atoms with Crippen molar-refractivity contribution in [1.82, 2.24) is 10.6 Å². The van der Waals surface area contributed by atoms with Gasteiger partial charge >= 0.3 is 0 Å². The Morgan fingerprint density at radius 3 is 2.41 bits per heavy atom. The van der Waals surface area contributed by atoms with Crippen LogP contribution in [0.15, 0.2) is 48.5 Å². The molecule has 0 unspecified atom stereocenters. The zero-order chi connectivity index (χ0) is 19.6. The van der Waals surface area contributed by atoms with E-state index in [1.165, 1.54) is 6.07 Å². The van der Waals surface area contributed by atoms with Gasteiger partial charge in [0, 0.05) is 22.8 Å². The van der Waals surface area contributed by atoms with Crippen molar-refractivity contribution in [3.05, 3.63) is 59.1 Å².